The molecule has 0 atom stereocenters. The van der Waals surface area contributed by atoms with Gasteiger partial charge in [0.1, 0.15) is 5.82 Å². The van der Waals surface area contributed by atoms with Crippen LogP contribution in [0.1, 0.15) is 18.9 Å². The Morgan fingerprint density at radius 3 is 2.35 bits per heavy atom. The molecule has 0 saturated heterocycles. The summed E-state index contributed by atoms with van der Waals surface area (Å²) in [6.07, 6.45) is 0.555. The highest BCUT2D eigenvalue weighted by Crippen LogP contribution is 2.17. The predicted octanol–water partition coefficient (Wildman–Crippen LogP) is 3.38. The van der Waals surface area contributed by atoms with Gasteiger partial charge in [-0.3, -0.25) is 9.59 Å². The van der Waals surface area contributed by atoms with E-state index in [9.17, 15) is 14.0 Å². The van der Waals surface area contributed by atoms with E-state index in [0.29, 0.717) is 17.7 Å². The van der Waals surface area contributed by atoms with Crippen molar-refractivity contribution in [1.29, 1.82) is 0 Å². The Labute approximate surface area is 134 Å². The van der Waals surface area contributed by atoms with Crippen LogP contribution in [0.5, 0.6) is 0 Å². The van der Waals surface area contributed by atoms with Crippen molar-refractivity contribution in [3.8, 4) is 0 Å². The second-order valence-electron chi connectivity index (χ2n) is 5.26. The highest BCUT2D eigenvalue weighted by atomic mass is 19.1. The van der Waals surface area contributed by atoms with Crippen molar-refractivity contribution in [2.24, 2.45) is 0 Å². The normalized spacial score (nSPS) is 10.2. The minimum Gasteiger partial charge on any atom is -0.326 e. The molecular weight excluding hydrogens is 295 g/mol. The first kappa shape index (κ1) is 16.7. The second kappa shape index (κ2) is 7.54. The molecule has 2 rings (SSSR count). The van der Waals surface area contributed by atoms with E-state index in [-0.39, 0.29) is 24.1 Å². The van der Waals surface area contributed by atoms with E-state index in [0.717, 1.165) is 5.69 Å². The van der Waals surface area contributed by atoms with Crippen molar-refractivity contribution in [2.45, 2.75) is 19.8 Å². The molecule has 0 aromatic heterocycles. The van der Waals surface area contributed by atoms with Crippen LogP contribution in [-0.2, 0) is 16.0 Å². The lowest BCUT2D eigenvalue weighted by atomic mass is 10.1. The van der Waals surface area contributed by atoms with E-state index >= 15 is 0 Å². The lowest BCUT2D eigenvalue weighted by Gasteiger charge is -2.15. The monoisotopic (exact) mass is 314 g/mol. The fourth-order valence-corrected chi connectivity index (χ4v) is 2.12. The number of nitrogens with one attached hydrogen (secondary N) is 1. The van der Waals surface area contributed by atoms with Gasteiger partial charge in [-0.1, -0.05) is 18.2 Å². The molecule has 23 heavy (non-hydrogen) atoms. The molecule has 5 heteroatoms. The first-order valence-corrected chi connectivity index (χ1v) is 7.35. The first-order chi connectivity index (χ1) is 11.0. The van der Waals surface area contributed by atoms with E-state index in [1.54, 1.807) is 49.5 Å². The average Bonchev–Trinajstić information content (AvgIpc) is 2.54. The van der Waals surface area contributed by atoms with Gasteiger partial charge in [0.05, 0.1) is 0 Å². The largest absolute Gasteiger partial charge is 0.326 e. The van der Waals surface area contributed by atoms with Crippen LogP contribution >= 0.6 is 0 Å². The molecule has 0 saturated carbocycles. The molecule has 1 N–H and O–H groups in total. The summed E-state index contributed by atoms with van der Waals surface area (Å²) in [5.74, 6) is -0.537. The number of nitrogens with zero attached hydrogens (tertiary/aromatic N) is 1. The van der Waals surface area contributed by atoms with Crippen LogP contribution in [0.3, 0.4) is 0 Å². The summed E-state index contributed by atoms with van der Waals surface area (Å²) in [6, 6.07) is 13.4. The molecule has 0 aliphatic rings. The Bertz CT molecular complexity index is 698. The van der Waals surface area contributed by atoms with Crippen LogP contribution in [0, 0.1) is 5.82 Å². The van der Waals surface area contributed by atoms with Crippen LogP contribution in [0.4, 0.5) is 15.8 Å². The maximum absolute atomic E-state index is 13.5. The van der Waals surface area contributed by atoms with Gasteiger partial charge in [0.15, 0.2) is 0 Å². The zero-order valence-corrected chi connectivity index (χ0v) is 13.2. The molecule has 0 unspecified atom stereocenters. The number of hydrogen-bond acceptors (Lipinski definition) is 2. The van der Waals surface area contributed by atoms with Crippen molar-refractivity contribution in [3.63, 3.8) is 0 Å². The van der Waals surface area contributed by atoms with Crippen LogP contribution in [0.2, 0.25) is 0 Å². The van der Waals surface area contributed by atoms with Crippen molar-refractivity contribution in [2.75, 3.05) is 17.3 Å². The fourth-order valence-electron chi connectivity index (χ4n) is 2.12. The summed E-state index contributed by atoms with van der Waals surface area (Å²) in [5.41, 5.74) is 1.92. The number of hydrogen-bond donors (Lipinski definition) is 1. The van der Waals surface area contributed by atoms with E-state index < -0.39 is 0 Å². The lowest BCUT2D eigenvalue weighted by Crippen LogP contribution is -2.22. The van der Waals surface area contributed by atoms with Crippen molar-refractivity contribution < 1.29 is 14.0 Å². The zero-order valence-electron chi connectivity index (χ0n) is 13.2. The first-order valence-electron chi connectivity index (χ1n) is 7.35. The highest BCUT2D eigenvalue weighted by molar-refractivity contribution is 5.93. The summed E-state index contributed by atoms with van der Waals surface area (Å²) in [4.78, 5) is 24.7. The molecule has 2 aromatic carbocycles. The standard InChI is InChI=1S/C18H19FN2O2/c1-13(22)21(2)16-10-8-15(9-11-16)20-18(23)12-7-14-5-3-4-6-17(14)19/h3-6,8-11H,7,12H2,1-2H3,(H,20,23). The van der Waals surface area contributed by atoms with Crippen LogP contribution in [0.15, 0.2) is 48.5 Å². The van der Waals surface area contributed by atoms with Gasteiger partial charge in [-0.15, -0.1) is 0 Å². The third-order valence-corrected chi connectivity index (χ3v) is 3.59. The topological polar surface area (TPSA) is 49.4 Å². The Kier molecular flexibility index (Phi) is 5.46. The Morgan fingerprint density at radius 1 is 1.09 bits per heavy atom. The Morgan fingerprint density at radius 2 is 1.74 bits per heavy atom. The summed E-state index contributed by atoms with van der Waals surface area (Å²) in [6.45, 7) is 1.48. The molecule has 2 aromatic rings. The summed E-state index contributed by atoms with van der Waals surface area (Å²) < 4.78 is 13.5. The van der Waals surface area contributed by atoms with E-state index in [1.807, 2.05) is 0 Å². The Balaban J connectivity index is 1.90. The van der Waals surface area contributed by atoms with E-state index in [1.165, 1.54) is 17.9 Å². The van der Waals surface area contributed by atoms with Crippen LogP contribution in [0.25, 0.3) is 0 Å². The number of amides is 2. The van der Waals surface area contributed by atoms with Crippen LogP contribution < -0.4 is 10.2 Å². The number of anilines is 2. The average molecular weight is 314 g/mol. The van der Waals surface area contributed by atoms with Crippen molar-refractivity contribution in [3.05, 3.63) is 59.9 Å². The minimum absolute atomic E-state index is 0.0633. The van der Waals surface area contributed by atoms with Gasteiger partial charge in [-0.25, -0.2) is 4.39 Å². The number of carbonyl (C=O) groups excluding carboxylic acids is 2. The van der Waals surface area contributed by atoms with Crippen molar-refractivity contribution in [1.82, 2.24) is 0 Å². The SMILES string of the molecule is CC(=O)N(C)c1ccc(NC(=O)CCc2ccccc2F)cc1. The summed E-state index contributed by atoms with van der Waals surface area (Å²) in [7, 11) is 1.68. The van der Waals surface area contributed by atoms with Crippen molar-refractivity contribution >= 4 is 23.2 Å². The van der Waals surface area contributed by atoms with Gasteiger partial charge in [-0.05, 0) is 42.3 Å². The summed E-state index contributed by atoms with van der Waals surface area (Å²) in [5, 5.41) is 2.76. The molecule has 2 amide bonds. The van der Waals surface area contributed by atoms with Gasteiger partial charge in [0.2, 0.25) is 11.8 Å². The van der Waals surface area contributed by atoms with Crippen LogP contribution in [-0.4, -0.2) is 18.9 Å². The maximum Gasteiger partial charge on any atom is 0.224 e. The molecule has 0 spiro atoms. The quantitative estimate of drug-likeness (QED) is 0.920. The summed E-state index contributed by atoms with van der Waals surface area (Å²) >= 11 is 0. The molecule has 0 heterocycles. The fraction of sp³-hybridized carbons (Fsp3) is 0.222. The predicted molar refractivity (Wildman–Crippen MR) is 88.9 cm³/mol. The van der Waals surface area contributed by atoms with E-state index in [2.05, 4.69) is 5.32 Å². The van der Waals surface area contributed by atoms with Gasteiger partial charge >= 0.3 is 0 Å². The third kappa shape index (κ3) is 4.64. The van der Waals surface area contributed by atoms with E-state index in [4.69, 9.17) is 0 Å². The van der Waals surface area contributed by atoms with Gasteiger partial charge in [-0.2, -0.15) is 0 Å². The molecule has 0 aliphatic heterocycles. The molecule has 4 nitrogen and oxygen atoms in total. The number of rotatable bonds is 5. The molecule has 0 radical (unpaired) electrons. The second-order valence-corrected chi connectivity index (χ2v) is 5.26. The number of halogens is 1. The van der Waals surface area contributed by atoms with Gasteiger partial charge in [0, 0.05) is 31.8 Å². The lowest BCUT2D eigenvalue weighted by molar-refractivity contribution is -0.117. The molecule has 0 bridgehead atoms. The van der Waals surface area contributed by atoms with Gasteiger partial charge < -0.3 is 10.2 Å². The maximum atomic E-state index is 13.5. The molecule has 0 aliphatic carbocycles. The van der Waals surface area contributed by atoms with Gasteiger partial charge in [0.25, 0.3) is 0 Å². The minimum atomic E-state index is -0.295. The highest BCUT2D eigenvalue weighted by Gasteiger charge is 2.08. The number of benzene rings is 2. The third-order valence-electron chi connectivity index (χ3n) is 3.59. The molecule has 120 valence electrons. The zero-order chi connectivity index (χ0) is 16.8. The number of aryl methyl sites for hydroxylation is 1. The molecule has 0 fully saturated rings. The smallest absolute Gasteiger partial charge is 0.224 e. The Hall–Kier alpha value is -2.69. The molecular formula is C18H19FN2O2. The number of carbonyl (C=O) groups is 2.